The van der Waals surface area contributed by atoms with Crippen molar-refractivity contribution in [3.05, 3.63) is 11.7 Å². The molecule has 2 aliphatic heterocycles. The van der Waals surface area contributed by atoms with E-state index in [-0.39, 0.29) is 24.2 Å². The molecule has 3 atom stereocenters. The van der Waals surface area contributed by atoms with E-state index in [9.17, 15) is 4.79 Å². The van der Waals surface area contributed by atoms with Crippen LogP contribution >= 0.6 is 0 Å². The largest absolute Gasteiger partial charge is 0.364 e. The molecule has 0 bridgehead atoms. The number of aryl methyl sites for hydroxylation is 1. The van der Waals surface area contributed by atoms with Crippen LogP contribution in [0.25, 0.3) is 0 Å². The van der Waals surface area contributed by atoms with Crippen molar-refractivity contribution >= 4 is 5.91 Å². The van der Waals surface area contributed by atoms with E-state index in [1.165, 1.54) is 0 Å². The fourth-order valence-electron chi connectivity index (χ4n) is 3.33. The van der Waals surface area contributed by atoms with Crippen molar-refractivity contribution in [3.63, 3.8) is 0 Å². The Morgan fingerprint density at radius 1 is 1.33 bits per heavy atom. The lowest BCUT2D eigenvalue weighted by molar-refractivity contribution is -0.144. The van der Waals surface area contributed by atoms with Gasteiger partial charge in [0.25, 0.3) is 5.91 Å². The maximum Gasteiger partial charge on any atom is 0.251 e. The van der Waals surface area contributed by atoms with Crippen LogP contribution in [0.5, 0.6) is 0 Å². The predicted octanol–water partition coefficient (Wildman–Crippen LogP) is 0.344. The van der Waals surface area contributed by atoms with Gasteiger partial charge in [0.15, 0.2) is 5.82 Å². The summed E-state index contributed by atoms with van der Waals surface area (Å²) in [6.07, 6.45) is 2.14. The van der Waals surface area contributed by atoms with Crippen LogP contribution in [0, 0.1) is 0 Å². The maximum atomic E-state index is 12.6. The van der Waals surface area contributed by atoms with E-state index in [1.54, 1.807) is 0 Å². The summed E-state index contributed by atoms with van der Waals surface area (Å²) in [6, 6.07) is 0.0689. The van der Waals surface area contributed by atoms with Gasteiger partial charge >= 0.3 is 0 Å². The number of carbonyl (C=O) groups is 1. The smallest absolute Gasteiger partial charge is 0.251 e. The lowest BCUT2D eigenvalue weighted by Gasteiger charge is -2.37. The van der Waals surface area contributed by atoms with Gasteiger partial charge < -0.3 is 19.9 Å². The lowest BCUT2D eigenvalue weighted by atomic mass is 10.1. The molecule has 1 amide bonds. The van der Waals surface area contributed by atoms with Crippen LogP contribution in [0.4, 0.5) is 0 Å². The molecule has 1 unspecified atom stereocenters. The number of nitrogens with two attached hydrogens (primary N) is 1. The molecular formula is C16H27N5O3. The maximum absolute atomic E-state index is 12.6. The summed E-state index contributed by atoms with van der Waals surface area (Å²) < 4.78 is 11.1. The quantitative estimate of drug-likeness (QED) is 0.827. The molecule has 0 saturated carbocycles. The average Bonchev–Trinajstić information content (AvgIpc) is 3.29. The van der Waals surface area contributed by atoms with Gasteiger partial charge in [-0.3, -0.25) is 9.69 Å². The number of hydrogen-bond acceptors (Lipinski definition) is 7. The van der Waals surface area contributed by atoms with Crippen molar-refractivity contribution in [3.8, 4) is 0 Å². The first kappa shape index (κ1) is 17.3. The Kier molecular flexibility index (Phi) is 5.47. The van der Waals surface area contributed by atoms with E-state index in [4.69, 9.17) is 15.0 Å². The Morgan fingerprint density at radius 2 is 2.08 bits per heavy atom. The Morgan fingerprint density at radius 3 is 2.67 bits per heavy atom. The number of piperazine rings is 1. The standard InChI is InChI=1S/C16H27N5O3/c1-3-14-18-15(24-19-14)11(2)20-6-8-21(9-7-20)16(22)13-5-4-12(10-17)23-13/h11-13H,3-10,17H2,1-2H3/t11?,12-,13+/m1/s1. The molecular weight excluding hydrogens is 310 g/mol. The van der Waals surface area contributed by atoms with Crippen LogP contribution in [0.3, 0.4) is 0 Å². The number of ether oxygens (including phenoxy) is 1. The van der Waals surface area contributed by atoms with E-state index in [0.717, 1.165) is 38.2 Å². The van der Waals surface area contributed by atoms with E-state index in [1.807, 2.05) is 11.8 Å². The molecule has 1 aromatic heterocycles. The van der Waals surface area contributed by atoms with E-state index >= 15 is 0 Å². The Labute approximate surface area is 142 Å². The Hall–Kier alpha value is -1.51. The number of nitrogens with zero attached hydrogens (tertiary/aromatic N) is 4. The third kappa shape index (κ3) is 3.60. The van der Waals surface area contributed by atoms with Crippen molar-refractivity contribution in [2.45, 2.75) is 51.4 Å². The molecule has 0 aromatic carbocycles. The second-order valence-electron chi connectivity index (χ2n) is 6.50. The minimum absolute atomic E-state index is 0.0329. The number of carbonyl (C=O) groups excluding carboxylic acids is 1. The normalized spacial score (nSPS) is 26.7. The zero-order valence-electron chi connectivity index (χ0n) is 14.5. The highest BCUT2D eigenvalue weighted by Gasteiger charge is 2.35. The van der Waals surface area contributed by atoms with Crippen LogP contribution in [-0.4, -0.2) is 70.8 Å². The number of aromatic nitrogens is 2. The van der Waals surface area contributed by atoms with Crippen LogP contribution in [-0.2, 0) is 16.0 Å². The minimum Gasteiger partial charge on any atom is -0.364 e. The molecule has 1 aromatic rings. The molecule has 0 spiro atoms. The number of rotatable bonds is 5. The molecule has 24 heavy (non-hydrogen) atoms. The van der Waals surface area contributed by atoms with Gasteiger partial charge in [0, 0.05) is 39.1 Å². The van der Waals surface area contributed by atoms with E-state index < -0.39 is 0 Å². The molecule has 8 heteroatoms. The molecule has 0 radical (unpaired) electrons. The van der Waals surface area contributed by atoms with Gasteiger partial charge in [0.05, 0.1) is 12.1 Å². The topological polar surface area (TPSA) is 97.7 Å². The average molecular weight is 337 g/mol. The summed E-state index contributed by atoms with van der Waals surface area (Å²) in [6.45, 7) is 7.54. The van der Waals surface area contributed by atoms with Crippen LogP contribution in [0.15, 0.2) is 4.52 Å². The second-order valence-corrected chi connectivity index (χ2v) is 6.50. The van der Waals surface area contributed by atoms with Gasteiger partial charge in [-0.2, -0.15) is 4.98 Å². The molecule has 134 valence electrons. The molecule has 3 heterocycles. The van der Waals surface area contributed by atoms with E-state index in [2.05, 4.69) is 22.0 Å². The first-order valence-corrected chi connectivity index (χ1v) is 8.83. The van der Waals surface area contributed by atoms with Gasteiger partial charge in [0.2, 0.25) is 5.89 Å². The molecule has 2 fully saturated rings. The van der Waals surface area contributed by atoms with Crippen molar-refractivity contribution in [2.75, 3.05) is 32.7 Å². The molecule has 8 nitrogen and oxygen atoms in total. The highest BCUT2D eigenvalue weighted by molar-refractivity contribution is 5.81. The van der Waals surface area contributed by atoms with Crippen molar-refractivity contribution in [1.29, 1.82) is 0 Å². The Balaban J connectivity index is 1.51. The molecule has 2 saturated heterocycles. The molecule has 3 rings (SSSR count). The fraction of sp³-hybridized carbons (Fsp3) is 0.812. The highest BCUT2D eigenvalue weighted by Crippen LogP contribution is 2.23. The SMILES string of the molecule is CCc1noc(C(C)N2CCN(C(=O)[C@@H]3CC[C@H](CN)O3)CC2)n1. The van der Waals surface area contributed by atoms with Crippen molar-refractivity contribution < 1.29 is 14.1 Å². The van der Waals surface area contributed by atoms with Crippen LogP contribution in [0.1, 0.15) is 44.4 Å². The third-order valence-corrected chi connectivity index (χ3v) is 4.98. The number of amides is 1. The summed E-state index contributed by atoms with van der Waals surface area (Å²) >= 11 is 0. The van der Waals surface area contributed by atoms with Gasteiger partial charge in [-0.25, -0.2) is 0 Å². The molecule has 2 N–H and O–H groups in total. The first-order chi connectivity index (χ1) is 11.6. The second kappa shape index (κ2) is 7.58. The third-order valence-electron chi connectivity index (χ3n) is 4.98. The van der Waals surface area contributed by atoms with Gasteiger partial charge in [-0.05, 0) is 19.8 Å². The van der Waals surface area contributed by atoms with Crippen LogP contribution < -0.4 is 5.73 Å². The summed E-state index contributed by atoms with van der Waals surface area (Å²) in [5, 5.41) is 3.96. The summed E-state index contributed by atoms with van der Waals surface area (Å²) in [5.41, 5.74) is 5.62. The lowest BCUT2D eigenvalue weighted by Crippen LogP contribution is -2.52. The van der Waals surface area contributed by atoms with Gasteiger partial charge in [-0.15, -0.1) is 0 Å². The highest BCUT2D eigenvalue weighted by atomic mass is 16.5. The first-order valence-electron chi connectivity index (χ1n) is 8.83. The fourth-order valence-corrected chi connectivity index (χ4v) is 3.33. The zero-order chi connectivity index (χ0) is 17.1. The summed E-state index contributed by atoms with van der Waals surface area (Å²) in [5.74, 6) is 1.49. The summed E-state index contributed by atoms with van der Waals surface area (Å²) in [4.78, 5) is 21.1. The molecule has 0 aliphatic carbocycles. The Bertz CT molecular complexity index is 556. The minimum atomic E-state index is -0.314. The predicted molar refractivity (Wildman–Crippen MR) is 87.2 cm³/mol. The van der Waals surface area contributed by atoms with E-state index in [0.29, 0.717) is 25.5 Å². The monoisotopic (exact) mass is 337 g/mol. The van der Waals surface area contributed by atoms with Gasteiger partial charge in [-0.1, -0.05) is 12.1 Å². The number of hydrogen-bond donors (Lipinski definition) is 1. The van der Waals surface area contributed by atoms with Crippen molar-refractivity contribution in [2.24, 2.45) is 5.73 Å². The summed E-state index contributed by atoms with van der Waals surface area (Å²) in [7, 11) is 0. The van der Waals surface area contributed by atoms with Crippen LogP contribution in [0.2, 0.25) is 0 Å². The molecule has 2 aliphatic rings. The zero-order valence-corrected chi connectivity index (χ0v) is 14.5. The van der Waals surface area contributed by atoms with Crippen molar-refractivity contribution in [1.82, 2.24) is 19.9 Å². The van der Waals surface area contributed by atoms with Gasteiger partial charge in [0.1, 0.15) is 6.10 Å².